The van der Waals surface area contributed by atoms with Crippen LogP contribution in [0.5, 0.6) is 0 Å². The van der Waals surface area contributed by atoms with Gasteiger partial charge in [-0.2, -0.15) is 0 Å². The average Bonchev–Trinajstić information content (AvgIpc) is 3.13. The summed E-state index contributed by atoms with van der Waals surface area (Å²) in [5.74, 6) is -0.173. The van der Waals surface area contributed by atoms with Crippen LogP contribution in [0.4, 0.5) is 17.1 Å². The summed E-state index contributed by atoms with van der Waals surface area (Å²) in [4.78, 5) is 14.7. The number of anilines is 3. The van der Waals surface area contributed by atoms with Gasteiger partial charge in [-0.1, -0.05) is 23.2 Å². The molecule has 132 valence electrons. The van der Waals surface area contributed by atoms with Gasteiger partial charge in [0, 0.05) is 29.5 Å². The van der Waals surface area contributed by atoms with E-state index < -0.39 is 6.04 Å². The topological polar surface area (TPSA) is 44.4 Å². The van der Waals surface area contributed by atoms with Gasteiger partial charge >= 0.3 is 0 Å². The lowest BCUT2D eigenvalue weighted by molar-refractivity contribution is -0.116. The smallest absolute Gasteiger partial charge is 0.246 e. The fourth-order valence-corrected chi connectivity index (χ4v) is 3.23. The van der Waals surface area contributed by atoms with Gasteiger partial charge in [0.1, 0.15) is 6.04 Å². The molecule has 4 nitrogen and oxygen atoms in total. The third-order valence-electron chi connectivity index (χ3n) is 4.30. The molecule has 25 heavy (non-hydrogen) atoms. The summed E-state index contributed by atoms with van der Waals surface area (Å²) in [5, 5.41) is 6.99. The third kappa shape index (κ3) is 4.59. The van der Waals surface area contributed by atoms with Crippen LogP contribution < -0.4 is 15.5 Å². The standard InChI is InChI=1S/C19H21Cl2N3O/c1-13(19(25)23-18-12-14(20)4-9-17(18)21)22-15-5-7-16(8-6-15)24-10-2-3-11-24/h4-9,12-13,22H,2-3,10-11H2,1H3,(H,23,25)/t13-/m1/s1. The van der Waals surface area contributed by atoms with Crippen molar-refractivity contribution in [1.29, 1.82) is 0 Å². The van der Waals surface area contributed by atoms with E-state index >= 15 is 0 Å². The lowest BCUT2D eigenvalue weighted by atomic mass is 10.2. The first-order valence-corrected chi connectivity index (χ1v) is 9.16. The van der Waals surface area contributed by atoms with Crippen molar-refractivity contribution in [3.05, 3.63) is 52.5 Å². The summed E-state index contributed by atoms with van der Waals surface area (Å²) in [5.41, 5.74) is 2.64. The zero-order chi connectivity index (χ0) is 17.8. The van der Waals surface area contributed by atoms with Gasteiger partial charge in [0.25, 0.3) is 0 Å². The molecule has 0 spiro atoms. The molecule has 1 amide bonds. The third-order valence-corrected chi connectivity index (χ3v) is 4.87. The number of halogens is 2. The molecule has 1 atom stereocenters. The number of nitrogens with zero attached hydrogens (tertiary/aromatic N) is 1. The Labute approximate surface area is 158 Å². The molecule has 0 aliphatic carbocycles. The average molecular weight is 378 g/mol. The molecule has 2 aromatic rings. The molecule has 0 unspecified atom stereocenters. The molecule has 0 aromatic heterocycles. The lowest BCUT2D eigenvalue weighted by Crippen LogP contribution is -2.32. The summed E-state index contributed by atoms with van der Waals surface area (Å²) in [6.07, 6.45) is 2.51. The predicted molar refractivity (Wildman–Crippen MR) is 106 cm³/mol. The molecule has 0 saturated carbocycles. The maximum absolute atomic E-state index is 12.4. The van der Waals surface area contributed by atoms with E-state index in [0.29, 0.717) is 15.7 Å². The van der Waals surface area contributed by atoms with Gasteiger partial charge in [-0.05, 0) is 62.2 Å². The van der Waals surface area contributed by atoms with Crippen LogP contribution in [0.1, 0.15) is 19.8 Å². The number of amides is 1. The fraction of sp³-hybridized carbons (Fsp3) is 0.316. The first-order chi connectivity index (χ1) is 12.0. The molecule has 1 heterocycles. The van der Waals surface area contributed by atoms with E-state index in [9.17, 15) is 4.79 Å². The molecule has 2 aromatic carbocycles. The molecular formula is C19H21Cl2N3O. The Morgan fingerprint density at radius 3 is 2.44 bits per heavy atom. The van der Waals surface area contributed by atoms with Crippen molar-refractivity contribution >= 4 is 46.2 Å². The number of benzene rings is 2. The van der Waals surface area contributed by atoms with E-state index in [1.165, 1.54) is 18.5 Å². The van der Waals surface area contributed by atoms with Crippen LogP contribution in [0.3, 0.4) is 0 Å². The summed E-state index contributed by atoms with van der Waals surface area (Å²) < 4.78 is 0. The van der Waals surface area contributed by atoms with Crippen LogP contribution in [0, 0.1) is 0 Å². The van der Waals surface area contributed by atoms with Gasteiger partial charge in [0.2, 0.25) is 5.91 Å². The predicted octanol–water partition coefficient (Wildman–Crippen LogP) is 5.03. The molecule has 1 aliphatic rings. The van der Waals surface area contributed by atoms with Crippen molar-refractivity contribution in [2.24, 2.45) is 0 Å². The summed E-state index contributed by atoms with van der Waals surface area (Å²) in [6, 6.07) is 12.8. The van der Waals surface area contributed by atoms with Gasteiger partial charge in [-0.15, -0.1) is 0 Å². The molecule has 2 N–H and O–H groups in total. The monoisotopic (exact) mass is 377 g/mol. The van der Waals surface area contributed by atoms with E-state index in [0.717, 1.165) is 18.8 Å². The van der Waals surface area contributed by atoms with Crippen molar-refractivity contribution in [2.45, 2.75) is 25.8 Å². The summed E-state index contributed by atoms with van der Waals surface area (Å²) in [7, 11) is 0. The lowest BCUT2D eigenvalue weighted by Gasteiger charge is -2.19. The number of hydrogen-bond acceptors (Lipinski definition) is 3. The van der Waals surface area contributed by atoms with Gasteiger partial charge in [0.15, 0.2) is 0 Å². The number of rotatable bonds is 5. The zero-order valence-corrected chi connectivity index (χ0v) is 15.6. The van der Waals surface area contributed by atoms with Gasteiger partial charge in [-0.3, -0.25) is 4.79 Å². The highest BCUT2D eigenvalue weighted by atomic mass is 35.5. The molecule has 0 bridgehead atoms. The van der Waals surface area contributed by atoms with E-state index in [1.54, 1.807) is 18.2 Å². The molecule has 0 radical (unpaired) electrons. The zero-order valence-electron chi connectivity index (χ0n) is 14.1. The van der Waals surface area contributed by atoms with E-state index in [-0.39, 0.29) is 5.91 Å². The van der Waals surface area contributed by atoms with E-state index in [2.05, 4.69) is 27.7 Å². The second-order valence-corrected chi connectivity index (χ2v) is 7.06. The van der Waals surface area contributed by atoms with Crippen LogP contribution in [-0.2, 0) is 4.79 Å². The van der Waals surface area contributed by atoms with E-state index in [4.69, 9.17) is 23.2 Å². The van der Waals surface area contributed by atoms with Crippen LogP contribution in [0.2, 0.25) is 10.0 Å². The number of nitrogens with one attached hydrogen (secondary N) is 2. The highest BCUT2D eigenvalue weighted by molar-refractivity contribution is 6.35. The number of carbonyl (C=O) groups is 1. The molecule has 6 heteroatoms. The van der Waals surface area contributed by atoms with Gasteiger partial charge in [-0.25, -0.2) is 0 Å². The first kappa shape index (κ1) is 17.9. The molecule has 1 saturated heterocycles. The molecule has 3 rings (SSSR count). The van der Waals surface area contributed by atoms with Gasteiger partial charge in [0.05, 0.1) is 10.7 Å². The highest BCUT2D eigenvalue weighted by Gasteiger charge is 2.15. The summed E-state index contributed by atoms with van der Waals surface area (Å²) >= 11 is 12.0. The Balaban J connectivity index is 1.60. The largest absolute Gasteiger partial charge is 0.374 e. The van der Waals surface area contributed by atoms with Crippen LogP contribution in [0.25, 0.3) is 0 Å². The van der Waals surface area contributed by atoms with Crippen molar-refractivity contribution in [1.82, 2.24) is 0 Å². The normalized spacial score (nSPS) is 15.1. The van der Waals surface area contributed by atoms with Crippen molar-refractivity contribution in [3.63, 3.8) is 0 Å². The SMILES string of the molecule is C[C@@H](Nc1ccc(N2CCCC2)cc1)C(=O)Nc1cc(Cl)ccc1Cl. The molecule has 1 aliphatic heterocycles. The van der Waals surface area contributed by atoms with Crippen molar-refractivity contribution < 1.29 is 4.79 Å². The highest BCUT2D eigenvalue weighted by Crippen LogP contribution is 2.26. The maximum Gasteiger partial charge on any atom is 0.246 e. The van der Waals surface area contributed by atoms with Crippen LogP contribution in [0.15, 0.2) is 42.5 Å². The Morgan fingerprint density at radius 2 is 1.76 bits per heavy atom. The van der Waals surface area contributed by atoms with Crippen LogP contribution >= 0.6 is 23.2 Å². The maximum atomic E-state index is 12.4. The van der Waals surface area contributed by atoms with Crippen LogP contribution in [-0.4, -0.2) is 25.0 Å². The minimum atomic E-state index is -0.410. The number of hydrogen-bond donors (Lipinski definition) is 2. The van der Waals surface area contributed by atoms with Crippen molar-refractivity contribution in [3.8, 4) is 0 Å². The Bertz CT molecular complexity index is 743. The van der Waals surface area contributed by atoms with Gasteiger partial charge < -0.3 is 15.5 Å². The van der Waals surface area contributed by atoms with Crippen molar-refractivity contribution in [2.75, 3.05) is 28.6 Å². The Kier molecular flexibility index (Phi) is 5.71. The summed E-state index contributed by atoms with van der Waals surface area (Å²) in [6.45, 7) is 4.04. The van der Waals surface area contributed by atoms with E-state index in [1.807, 2.05) is 19.1 Å². The second-order valence-electron chi connectivity index (χ2n) is 6.22. The number of carbonyl (C=O) groups excluding carboxylic acids is 1. The minimum absolute atomic E-state index is 0.173. The fourth-order valence-electron chi connectivity index (χ4n) is 2.89. The Hall–Kier alpha value is -1.91. The minimum Gasteiger partial charge on any atom is -0.374 e. The molecular weight excluding hydrogens is 357 g/mol. The second kappa shape index (κ2) is 7.98. The first-order valence-electron chi connectivity index (χ1n) is 8.40. The quantitative estimate of drug-likeness (QED) is 0.767. The Morgan fingerprint density at radius 1 is 1.08 bits per heavy atom. The molecule has 1 fully saturated rings.